The SMILES string of the molecule is COc1ccc(C2=CC3(CCOC3)ON2)cc1OC1CCCNC1. The second-order valence-corrected chi connectivity index (χ2v) is 6.58. The summed E-state index contributed by atoms with van der Waals surface area (Å²) in [6.45, 7) is 3.26. The van der Waals surface area contributed by atoms with Gasteiger partial charge in [-0.3, -0.25) is 10.3 Å². The van der Waals surface area contributed by atoms with Crippen LogP contribution in [0.1, 0.15) is 24.8 Å². The number of methoxy groups -OCH3 is 1. The minimum atomic E-state index is -0.330. The number of hydroxylamine groups is 1. The molecule has 6 nitrogen and oxygen atoms in total. The van der Waals surface area contributed by atoms with Gasteiger partial charge in [-0.15, -0.1) is 0 Å². The van der Waals surface area contributed by atoms with E-state index >= 15 is 0 Å². The van der Waals surface area contributed by atoms with Crippen LogP contribution in [0.2, 0.25) is 0 Å². The summed E-state index contributed by atoms with van der Waals surface area (Å²) < 4.78 is 17.1. The molecule has 2 saturated heterocycles. The van der Waals surface area contributed by atoms with Crippen LogP contribution < -0.4 is 20.3 Å². The third kappa shape index (κ3) is 3.09. The Morgan fingerprint density at radius 1 is 1.29 bits per heavy atom. The normalized spacial score (nSPS) is 29.4. The lowest BCUT2D eigenvalue weighted by Crippen LogP contribution is -2.37. The van der Waals surface area contributed by atoms with Gasteiger partial charge in [0.25, 0.3) is 0 Å². The van der Waals surface area contributed by atoms with Gasteiger partial charge in [-0.05, 0) is 43.7 Å². The zero-order chi connectivity index (χ0) is 16.4. The Labute approximate surface area is 142 Å². The van der Waals surface area contributed by atoms with Crippen molar-refractivity contribution in [2.75, 3.05) is 33.4 Å². The number of piperidine rings is 1. The van der Waals surface area contributed by atoms with Crippen molar-refractivity contribution < 1.29 is 19.0 Å². The molecule has 0 amide bonds. The average molecular weight is 332 g/mol. The Balaban J connectivity index is 1.57. The first-order valence-corrected chi connectivity index (χ1v) is 8.58. The van der Waals surface area contributed by atoms with Gasteiger partial charge in [0.1, 0.15) is 11.7 Å². The quantitative estimate of drug-likeness (QED) is 0.878. The lowest BCUT2D eigenvalue weighted by Gasteiger charge is -2.25. The molecule has 2 fully saturated rings. The van der Waals surface area contributed by atoms with E-state index in [9.17, 15) is 0 Å². The summed E-state index contributed by atoms with van der Waals surface area (Å²) in [6, 6.07) is 5.98. The number of ether oxygens (including phenoxy) is 3. The predicted molar refractivity (Wildman–Crippen MR) is 89.9 cm³/mol. The largest absolute Gasteiger partial charge is 0.493 e. The van der Waals surface area contributed by atoms with Crippen molar-refractivity contribution >= 4 is 5.70 Å². The molecule has 0 aliphatic carbocycles. The third-order valence-corrected chi connectivity index (χ3v) is 4.81. The molecule has 3 heterocycles. The number of nitrogens with one attached hydrogen (secondary N) is 2. The van der Waals surface area contributed by atoms with Crippen LogP contribution in [-0.2, 0) is 9.57 Å². The summed E-state index contributed by atoms with van der Waals surface area (Å²) >= 11 is 0. The summed E-state index contributed by atoms with van der Waals surface area (Å²) in [6.07, 6.45) is 5.37. The first kappa shape index (κ1) is 15.7. The average Bonchev–Trinajstić information content (AvgIpc) is 3.26. The topological polar surface area (TPSA) is 61.0 Å². The molecule has 2 unspecified atom stereocenters. The maximum atomic E-state index is 6.19. The van der Waals surface area contributed by atoms with E-state index in [2.05, 4.69) is 16.9 Å². The van der Waals surface area contributed by atoms with Gasteiger partial charge in [-0.25, -0.2) is 0 Å². The van der Waals surface area contributed by atoms with E-state index in [1.807, 2.05) is 18.2 Å². The van der Waals surface area contributed by atoms with Gasteiger partial charge in [0, 0.05) is 25.1 Å². The predicted octanol–water partition coefficient (Wildman–Crippen LogP) is 1.86. The lowest BCUT2D eigenvalue weighted by molar-refractivity contribution is -0.0373. The molecule has 0 bridgehead atoms. The second kappa shape index (κ2) is 6.63. The van der Waals surface area contributed by atoms with Crippen LogP contribution in [0, 0.1) is 0 Å². The first-order chi connectivity index (χ1) is 11.8. The van der Waals surface area contributed by atoms with Crippen LogP contribution in [0.4, 0.5) is 0 Å². The molecule has 0 saturated carbocycles. The van der Waals surface area contributed by atoms with Crippen molar-refractivity contribution in [2.24, 2.45) is 0 Å². The van der Waals surface area contributed by atoms with Gasteiger partial charge < -0.3 is 19.5 Å². The smallest absolute Gasteiger partial charge is 0.162 e. The van der Waals surface area contributed by atoms with E-state index in [1.54, 1.807) is 7.11 Å². The summed E-state index contributed by atoms with van der Waals surface area (Å²) in [5.74, 6) is 1.53. The van der Waals surface area contributed by atoms with E-state index in [0.29, 0.717) is 6.61 Å². The summed E-state index contributed by atoms with van der Waals surface area (Å²) in [7, 11) is 1.67. The second-order valence-electron chi connectivity index (χ2n) is 6.58. The Morgan fingerprint density at radius 2 is 2.25 bits per heavy atom. The summed E-state index contributed by atoms with van der Waals surface area (Å²) in [5, 5.41) is 3.37. The minimum absolute atomic E-state index is 0.180. The fourth-order valence-electron chi connectivity index (χ4n) is 3.41. The van der Waals surface area contributed by atoms with Gasteiger partial charge in [-0.2, -0.15) is 0 Å². The van der Waals surface area contributed by atoms with E-state index in [-0.39, 0.29) is 11.7 Å². The highest BCUT2D eigenvalue weighted by Crippen LogP contribution is 2.36. The highest BCUT2D eigenvalue weighted by molar-refractivity contribution is 5.68. The standard InChI is InChI=1S/C18H24N2O4/c1-21-16-5-4-13(9-17(16)23-14-3-2-7-19-11-14)15-10-18(24-20-15)6-8-22-12-18/h4-5,9-10,14,19-20H,2-3,6-8,11-12H2,1H3. The van der Waals surface area contributed by atoms with Crippen LogP contribution in [0.3, 0.4) is 0 Å². The molecule has 3 aliphatic rings. The maximum Gasteiger partial charge on any atom is 0.162 e. The molecular weight excluding hydrogens is 308 g/mol. The highest BCUT2D eigenvalue weighted by atomic mass is 16.7. The van der Waals surface area contributed by atoms with Gasteiger partial charge in [0.2, 0.25) is 0 Å². The monoisotopic (exact) mass is 332 g/mol. The van der Waals surface area contributed by atoms with E-state index in [1.165, 1.54) is 0 Å². The molecule has 1 aromatic carbocycles. The lowest BCUT2D eigenvalue weighted by atomic mass is 10.0. The molecule has 0 aromatic heterocycles. The zero-order valence-electron chi connectivity index (χ0n) is 14.0. The van der Waals surface area contributed by atoms with Crippen molar-refractivity contribution in [2.45, 2.75) is 31.0 Å². The van der Waals surface area contributed by atoms with Crippen molar-refractivity contribution in [1.82, 2.24) is 10.8 Å². The Morgan fingerprint density at radius 3 is 3.00 bits per heavy atom. The van der Waals surface area contributed by atoms with Crippen molar-refractivity contribution in [1.29, 1.82) is 0 Å². The molecule has 1 spiro atoms. The third-order valence-electron chi connectivity index (χ3n) is 4.81. The van der Waals surface area contributed by atoms with Crippen molar-refractivity contribution in [3.05, 3.63) is 29.8 Å². The van der Waals surface area contributed by atoms with Gasteiger partial charge in [0.15, 0.2) is 11.5 Å². The van der Waals surface area contributed by atoms with Crippen LogP contribution in [-0.4, -0.2) is 45.1 Å². The highest BCUT2D eigenvalue weighted by Gasteiger charge is 2.39. The molecule has 2 atom stereocenters. The Hall–Kier alpha value is -1.76. The molecule has 4 rings (SSSR count). The Kier molecular flexibility index (Phi) is 4.35. The van der Waals surface area contributed by atoms with E-state index in [4.69, 9.17) is 19.0 Å². The minimum Gasteiger partial charge on any atom is -0.493 e. The maximum absolute atomic E-state index is 6.19. The molecule has 130 valence electrons. The number of rotatable bonds is 4. The van der Waals surface area contributed by atoms with Gasteiger partial charge >= 0.3 is 0 Å². The number of hydrogen-bond donors (Lipinski definition) is 2. The molecule has 0 radical (unpaired) electrons. The fraction of sp³-hybridized carbons (Fsp3) is 0.556. The van der Waals surface area contributed by atoms with Crippen molar-refractivity contribution in [3.63, 3.8) is 0 Å². The zero-order valence-corrected chi connectivity index (χ0v) is 14.0. The van der Waals surface area contributed by atoms with E-state index < -0.39 is 0 Å². The van der Waals surface area contributed by atoms with Crippen LogP contribution >= 0.6 is 0 Å². The van der Waals surface area contributed by atoms with Crippen LogP contribution in [0.25, 0.3) is 5.70 Å². The molecule has 3 aliphatic heterocycles. The van der Waals surface area contributed by atoms with Crippen LogP contribution in [0.15, 0.2) is 24.3 Å². The summed E-state index contributed by atoms with van der Waals surface area (Å²) in [4.78, 5) is 5.77. The number of benzene rings is 1. The molecule has 6 heteroatoms. The Bertz CT molecular complexity index is 619. The van der Waals surface area contributed by atoms with Gasteiger partial charge in [0.05, 0.1) is 19.4 Å². The van der Waals surface area contributed by atoms with Gasteiger partial charge in [-0.1, -0.05) is 0 Å². The number of hydrogen-bond acceptors (Lipinski definition) is 6. The molecule has 2 N–H and O–H groups in total. The molecule has 1 aromatic rings. The van der Waals surface area contributed by atoms with E-state index in [0.717, 1.165) is 61.7 Å². The molecule has 24 heavy (non-hydrogen) atoms. The van der Waals surface area contributed by atoms with Crippen LogP contribution in [0.5, 0.6) is 11.5 Å². The molecular formula is C18H24N2O4. The first-order valence-electron chi connectivity index (χ1n) is 8.58. The van der Waals surface area contributed by atoms with Crippen molar-refractivity contribution in [3.8, 4) is 11.5 Å². The summed E-state index contributed by atoms with van der Waals surface area (Å²) in [5.41, 5.74) is 4.70. The fourth-order valence-corrected chi connectivity index (χ4v) is 3.41.